The molecule has 0 saturated heterocycles. The van der Waals surface area contributed by atoms with E-state index in [1.165, 1.54) is 11.1 Å². The van der Waals surface area contributed by atoms with E-state index in [0.717, 1.165) is 12.1 Å². The Morgan fingerprint density at radius 2 is 1.65 bits per heavy atom. The van der Waals surface area contributed by atoms with E-state index in [0.29, 0.717) is 5.11 Å². The predicted octanol–water partition coefficient (Wildman–Crippen LogP) is 5.04. The molecule has 2 rings (SSSR count). The van der Waals surface area contributed by atoms with Gasteiger partial charge in [0, 0.05) is 11.7 Å². The molecule has 0 aliphatic heterocycles. The molecule has 0 saturated carbocycles. The highest BCUT2D eigenvalue weighted by atomic mass is 32.1. The Bertz CT molecular complexity index is 632. The second-order valence-electron chi connectivity index (χ2n) is 6.82. The van der Waals surface area contributed by atoms with Crippen LogP contribution in [0.15, 0.2) is 54.6 Å². The summed E-state index contributed by atoms with van der Waals surface area (Å²) in [6.07, 6.45) is 1.01. The highest BCUT2D eigenvalue weighted by Crippen LogP contribution is 2.28. The molecule has 0 aliphatic carbocycles. The number of thiocarbonyl (C=S) groups is 1. The van der Waals surface area contributed by atoms with Crippen LogP contribution in [0.5, 0.6) is 0 Å². The molecule has 122 valence electrons. The third kappa shape index (κ3) is 5.36. The van der Waals surface area contributed by atoms with Gasteiger partial charge in [-0.05, 0) is 55.6 Å². The fourth-order valence-corrected chi connectivity index (χ4v) is 3.17. The van der Waals surface area contributed by atoms with Crippen molar-refractivity contribution in [3.05, 3.63) is 65.7 Å². The summed E-state index contributed by atoms with van der Waals surface area (Å²) in [7, 11) is 0. The van der Waals surface area contributed by atoms with Gasteiger partial charge in [-0.1, -0.05) is 61.9 Å². The van der Waals surface area contributed by atoms with Crippen molar-refractivity contribution >= 4 is 23.0 Å². The second kappa shape index (κ2) is 7.60. The first kappa shape index (κ1) is 17.5. The largest absolute Gasteiger partial charge is 0.360 e. The zero-order valence-corrected chi connectivity index (χ0v) is 15.2. The van der Waals surface area contributed by atoms with Crippen LogP contribution in [-0.2, 0) is 5.41 Å². The van der Waals surface area contributed by atoms with Gasteiger partial charge in [0.05, 0.1) is 0 Å². The maximum absolute atomic E-state index is 5.43. The molecule has 0 amide bonds. The van der Waals surface area contributed by atoms with Gasteiger partial charge in [0.1, 0.15) is 0 Å². The molecule has 3 heteroatoms. The Balaban J connectivity index is 1.89. The Morgan fingerprint density at radius 1 is 1.04 bits per heavy atom. The van der Waals surface area contributed by atoms with Crippen LogP contribution in [0.1, 0.15) is 38.3 Å². The van der Waals surface area contributed by atoms with E-state index >= 15 is 0 Å². The number of anilines is 1. The summed E-state index contributed by atoms with van der Waals surface area (Å²) < 4.78 is 0. The molecule has 0 fully saturated rings. The molecule has 23 heavy (non-hydrogen) atoms. The molecule has 0 radical (unpaired) electrons. The summed E-state index contributed by atoms with van der Waals surface area (Å²) in [6, 6.07) is 19.2. The molecule has 0 spiro atoms. The minimum Gasteiger partial charge on any atom is -0.360 e. The lowest BCUT2D eigenvalue weighted by Gasteiger charge is -2.29. The number of rotatable bonds is 5. The lowest BCUT2D eigenvalue weighted by Crippen LogP contribution is -2.39. The smallest absolute Gasteiger partial charge is 0.170 e. The van der Waals surface area contributed by atoms with Crippen molar-refractivity contribution in [1.29, 1.82) is 0 Å². The van der Waals surface area contributed by atoms with Crippen molar-refractivity contribution in [2.75, 3.05) is 5.32 Å². The normalized spacial score (nSPS) is 12.5. The number of aryl methyl sites for hydroxylation is 1. The summed E-state index contributed by atoms with van der Waals surface area (Å²) in [5.41, 5.74) is 3.72. The van der Waals surface area contributed by atoms with Gasteiger partial charge in [-0.3, -0.25) is 0 Å². The van der Waals surface area contributed by atoms with Crippen molar-refractivity contribution < 1.29 is 0 Å². The monoisotopic (exact) mass is 326 g/mol. The van der Waals surface area contributed by atoms with Crippen LogP contribution in [-0.4, -0.2) is 11.2 Å². The molecule has 2 N–H and O–H groups in total. The maximum atomic E-state index is 5.43. The SMILES string of the molecule is Cc1ccc(NC(=S)N[C@H](C)CC(C)(C)c2ccccc2)cc1. The van der Waals surface area contributed by atoms with E-state index in [1.54, 1.807) is 0 Å². The molecule has 0 unspecified atom stereocenters. The van der Waals surface area contributed by atoms with Gasteiger partial charge >= 0.3 is 0 Å². The van der Waals surface area contributed by atoms with E-state index < -0.39 is 0 Å². The molecular formula is C20H26N2S. The van der Waals surface area contributed by atoms with Crippen molar-refractivity contribution in [1.82, 2.24) is 5.32 Å². The van der Waals surface area contributed by atoms with Gasteiger partial charge in [0.25, 0.3) is 0 Å². The molecular weight excluding hydrogens is 300 g/mol. The average molecular weight is 327 g/mol. The molecule has 2 aromatic rings. The molecule has 2 nitrogen and oxygen atoms in total. The lowest BCUT2D eigenvalue weighted by molar-refractivity contribution is 0.420. The fraction of sp³-hybridized carbons (Fsp3) is 0.350. The van der Waals surface area contributed by atoms with E-state index in [1.807, 2.05) is 12.1 Å². The summed E-state index contributed by atoms with van der Waals surface area (Å²) >= 11 is 5.43. The van der Waals surface area contributed by atoms with Crippen molar-refractivity contribution in [2.45, 2.75) is 45.6 Å². The first-order chi connectivity index (χ1) is 10.9. The second-order valence-corrected chi connectivity index (χ2v) is 7.23. The zero-order valence-electron chi connectivity index (χ0n) is 14.4. The zero-order chi connectivity index (χ0) is 16.9. The van der Waals surface area contributed by atoms with Crippen LogP contribution in [0, 0.1) is 6.92 Å². The topological polar surface area (TPSA) is 24.1 Å². The van der Waals surface area contributed by atoms with Crippen molar-refractivity contribution in [3.8, 4) is 0 Å². The standard InChI is InChI=1S/C20H26N2S/c1-15-10-12-18(13-11-15)22-19(23)21-16(2)14-20(3,4)17-8-6-5-7-9-17/h5-13,16H,14H2,1-4H3,(H2,21,22,23)/t16-/m1/s1. The third-order valence-corrected chi connectivity index (χ3v) is 4.28. The fourth-order valence-electron chi connectivity index (χ4n) is 2.85. The van der Waals surface area contributed by atoms with Gasteiger partial charge in [-0.2, -0.15) is 0 Å². The first-order valence-corrected chi connectivity index (χ1v) is 8.47. The van der Waals surface area contributed by atoms with E-state index in [2.05, 4.69) is 80.8 Å². The minimum atomic E-state index is 0.104. The van der Waals surface area contributed by atoms with Gasteiger partial charge in [-0.25, -0.2) is 0 Å². The maximum Gasteiger partial charge on any atom is 0.170 e. The molecule has 2 aromatic carbocycles. The van der Waals surface area contributed by atoms with Crippen molar-refractivity contribution in [2.24, 2.45) is 0 Å². The molecule has 0 bridgehead atoms. The van der Waals surface area contributed by atoms with Crippen LogP contribution < -0.4 is 10.6 Å². The van der Waals surface area contributed by atoms with Crippen LogP contribution in [0.2, 0.25) is 0 Å². The Morgan fingerprint density at radius 3 is 2.26 bits per heavy atom. The van der Waals surface area contributed by atoms with Gasteiger partial charge in [-0.15, -0.1) is 0 Å². The minimum absolute atomic E-state index is 0.104. The third-order valence-electron chi connectivity index (χ3n) is 4.06. The Hall–Kier alpha value is -1.87. The highest BCUT2D eigenvalue weighted by Gasteiger charge is 2.23. The van der Waals surface area contributed by atoms with Gasteiger partial charge in [0.15, 0.2) is 5.11 Å². The summed E-state index contributed by atoms with van der Waals surface area (Å²) in [6.45, 7) is 8.80. The van der Waals surface area contributed by atoms with E-state index in [4.69, 9.17) is 12.2 Å². The number of benzene rings is 2. The number of hydrogen-bond donors (Lipinski definition) is 2. The van der Waals surface area contributed by atoms with Gasteiger partial charge in [0.2, 0.25) is 0 Å². The van der Waals surface area contributed by atoms with Crippen LogP contribution >= 0.6 is 12.2 Å². The van der Waals surface area contributed by atoms with Crippen LogP contribution in [0.25, 0.3) is 0 Å². The molecule has 0 aromatic heterocycles. The van der Waals surface area contributed by atoms with E-state index in [-0.39, 0.29) is 11.5 Å². The Kier molecular flexibility index (Phi) is 5.78. The summed E-state index contributed by atoms with van der Waals surface area (Å²) in [5.74, 6) is 0. The molecule has 0 aliphatic rings. The summed E-state index contributed by atoms with van der Waals surface area (Å²) in [4.78, 5) is 0. The first-order valence-electron chi connectivity index (χ1n) is 8.06. The number of hydrogen-bond acceptors (Lipinski definition) is 1. The van der Waals surface area contributed by atoms with Gasteiger partial charge < -0.3 is 10.6 Å². The summed E-state index contributed by atoms with van der Waals surface area (Å²) in [5, 5.41) is 7.31. The van der Waals surface area contributed by atoms with Crippen molar-refractivity contribution in [3.63, 3.8) is 0 Å². The quantitative estimate of drug-likeness (QED) is 0.753. The predicted molar refractivity (Wildman–Crippen MR) is 104 cm³/mol. The van der Waals surface area contributed by atoms with Crippen LogP contribution in [0.3, 0.4) is 0 Å². The average Bonchev–Trinajstić information content (AvgIpc) is 2.49. The van der Waals surface area contributed by atoms with Crippen LogP contribution in [0.4, 0.5) is 5.69 Å². The lowest BCUT2D eigenvalue weighted by atomic mass is 9.79. The molecule has 1 atom stereocenters. The number of nitrogens with one attached hydrogen (secondary N) is 2. The Labute approximate surface area is 145 Å². The highest BCUT2D eigenvalue weighted by molar-refractivity contribution is 7.80. The van der Waals surface area contributed by atoms with E-state index in [9.17, 15) is 0 Å². The molecule has 0 heterocycles.